The van der Waals surface area contributed by atoms with Crippen molar-refractivity contribution in [3.8, 4) is 11.4 Å². The summed E-state index contributed by atoms with van der Waals surface area (Å²) in [4.78, 5) is 13.3. The number of aromatic nitrogens is 3. The Morgan fingerprint density at radius 1 is 1.20 bits per heavy atom. The number of nitro benzene ring substituents is 1. The Morgan fingerprint density at radius 3 is 2.50 bits per heavy atom. The number of nitrogens with zero attached hydrogens (tertiary/aromatic N) is 4. The molecule has 0 spiro atoms. The van der Waals surface area contributed by atoms with Crippen molar-refractivity contribution in [2.75, 3.05) is 11.8 Å². The number of ether oxygens (including phenoxy) is 1. The summed E-state index contributed by atoms with van der Waals surface area (Å²) in [7, 11) is -3.43. The molecule has 30 heavy (non-hydrogen) atoms. The van der Waals surface area contributed by atoms with E-state index in [1.807, 2.05) is 4.72 Å². The van der Waals surface area contributed by atoms with E-state index in [4.69, 9.17) is 4.74 Å². The summed E-state index contributed by atoms with van der Waals surface area (Å²) in [5, 5.41) is 15.1. The molecule has 1 aromatic heterocycles. The summed E-state index contributed by atoms with van der Waals surface area (Å²) < 4.78 is 72.9. The van der Waals surface area contributed by atoms with Crippen molar-refractivity contribution in [2.24, 2.45) is 0 Å². The molecule has 0 atom stereocenters. The van der Waals surface area contributed by atoms with E-state index in [2.05, 4.69) is 10.1 Å². The van der Waals surface area contributed by atoms with Gasteiger partial charge in [-0.1, -0.05) is 0 Å². The molecule has 14 heteroatoms. The zero-order valence-corrected chi connectivity index (χ0v) is 15.8. The molecule has 0 unspecified atom stereocenters. The van der Waals surface area contributed by atoms with E-state index >= 15 is 0 Å². The Bertz CT molecular complexity index is 1200. The SMILES string of the molecule is COc1ccc(S(=O)(=O)Nc2cc(C(F)(F)F)ccc2-n2cncn2)c([N+](=O)[O-])c1. The van der Waals surface area contributed by atoms with Gasteiger partial charge in [0.25, 0.3) is 15.7 Å². The molecule has 0 aliphatic rings. The van der Waals surface area contributed by atoms with Gasteiger partial charge in [0.2, 0.25) is 0 Å². The number of nitro groups is 1. The van der Waals surface area contributed by atoms with Crippen LogP contribution in [0.3, 0.4) is 0 Å². The summed E-state index contributed by atoms with van der Waals surface area (Å²) >= 11 is 0. The number of anilines is 1. The average molecular weight is 443 g/mol. The minimum Gasteiger partial charge on any atom is -0.497 e. The molecule has 3 rings (SSSR count). The molecule has 0 radical (unpaired) electrons. The number of hydrogen-bond donors (Lipinski definition) is 1. The number of halogens is 3. The highest BCUT2D eigenvalue weighted by molar-refractivity contribution is 7.92. The first-order valence-electron chi connectivity index (χ1n) is 7.94. The molecular formula is C16H12F3N5O5S. The van der Waals surface area contributed by atoms with Gasteiger partial charge in [0.05, 0.1) is 35.0 Å². The van der Waals surface area contributed by atoms with Gasteiger partial charge in [0, 0.05) is 0 Å². The molecule has 0 saturated carbocycles. The highest BCUT2D eigenvalue weighted by atomic mass is 32.2. The number of nitrogens with one attached hydrogen (secondary N) is 1. The van der Waals surface area contributed by atoms with Crippen LogP contribution in [0.25, 0.3) is 5.69 Å². The smallest absolute Gasteiger partial charge is 0.416 e. The lowest BCUT2D eigenvalue weighted by molar-refractivity contribution is -0.387. The highest BCUT2D eigenvalue weighted by Gasteiger charge is 2.33. The quantitative estimate of drug-likeness (QED) is 0.458. The lowest BCUT2D eigenvalue weighted by Crippen LogP contribution is -2.17. The predicted molar refractivity (Wildman–Crippen MR) is 96.8 cm³/mol. The summed E-state index contributed by atoms with van der Waals surface area (Å²) in [6.45, 7) is 0. The van der Waals surface area contributed by atoms with Gasteiger partial charge in [-0.25, -0.2) is 18.1 Å². The Morgan fingerprint density at radius 2 is 1.93 bits per heavy atom. The number of hydrogen-bond acceptors (Lipinski definition) is 7. The Kier molecular flexibility index (Phi) is 5.35. The molecule has 158 valence electrons. The van der Waals surface area contributed by atoms with E-state index in [9.17, 15) is 31.7 Å². The van der Waals surface area contributed by atoms with E-state index < -0.39 is 43.0 Å². The van der Waals surface area contributed by atoms with Crippen LogP contribution < -0.4 is 9.46 Å². The van der Waals surface area contributed by atoms with Crippen LogP contribution in [0.5, 0.6) is 5.75 Å². The molecule has 0 bridgehead atoms. The van der Waals surface area contributed by atoms with Gasteiger partial charge in [-0.05, 0) is 30.3 Å². The van der Waals surface area contributed by atoms with Crippen LogP contribution in [0.15, 0.2) is 53.9 Å². The van der Waals surface area contributed by atoms with Gasteiger partial charge in [-0.2, -0.15) is 18.3 Å². The lowest BCUT2D eigenvalue weighted by atomic mass is 10.1. The van der Waals surface area contributed by atoms with E-state index in [1.165, 1.54) is 13.2 Å². The van der Waals surface area contributed by atoms with Gasteiger partial charge < -0.3 is 4.74 Å². The van der Waals surface area contributed by atoms with Crippen molar-refractivity contribution in [1.82, 2.24) is 14.8 Å². The van der Waals surface area contributed by atoms with Gasteiger partial charge in [-0.3, -0.25) is 14.8 Å². The van der Waals surface area contributed by atoms with Crippen molar-refractivity contribution in [3.63, 3.8) is 0 Å². The fraction of sp³-hybridized carbons (Fsp3) is 0.125. The van der Waals surface area contributed by atoms with Crippen LogP contribution in [-0.2, 0) is 16.2 Å². The molecule has 10 nitrogen and oxygen atoms in total. The van der Waals surface area contributed by atoms with Crippen molar-refractivity contribution in [2.45, 2.75) is 11.1 Å². The first-order valence-corrected chi connectivity index (χ1v) is 9.43. The van der Waals surface area contributed by atoms with Gasteiger partial charge in [0.15, 0.2) is 4.90 Å². The molecule has 1 heterocycles. The summed E-state index contributed by atoms with van der Waals surface area (Å²) in [5.74, 6) is 0.0306. The molecule has 0 aliphatic heterocycles. The second-order valence-electron chi connectivity index (χ2n) is 5.77. The number of rotatable bonds is 6. The van der Waals surface area contributed by atoms with Gasteiger partial charge in [0.1, 0.15) is 18.4 Å². The topological polar surface area (TPSA) is 129 Å². The summed E-state index contributed by atoms with van der Waals surface area (Å²) in [6.07, 6.45) is -2.51. The van der Waals surface area contributed by atoms with Crippen LogP contribution in [0.1, 0.15) is 5.56 Å². The average Bonchev–Trinajstić information content (AvgIpc) is 3.20. The molecule has 0 fully saturated rings. The summed E-state index contributed by atoms with van der Waals surface area (Å²) in [5.41, 5.74) is -2.51. The first kappa shape index (κ1) is 21.0. The zero-order chi connectivity index (χ0) is 22.1. The van der Waals surface area contributed by atoms with Crippen LogP contribution in [0, 0.1) is 10.1 Å². The van der Waals surface area contributed by atoms with Crippen molar-refractivity contribution in [1.29, 1.82) is 0 Å². The zero-order valence-electron chi connectivity index (χ0n) is 15.0. The molecular weight excluding hydrogens is 431 g/mol. The molecule has 3 aromatic rings. The Balaban J connectivity index is 2.14. The molecule has 2 aromatic carbocycles. The second kappa shape index (κ2) is 7.62. The van der Waals surface area contributed by atoms with Crippen molar-refractivity contribution < 1.29 is 31.2 Å². The molecule has 0 saturated heterocycles. The second-order valence-corrected chi connectivity index (χ2v) is 7.42. The van der Waals surface area contributed by atoms with Crippen LogP contribution in [0.2, 0.25) is 0 Å². The fourth-order valence-corrected chi connectivity index (χ4v) is 3.74. The fourth-order valence-electron chi connectivity index (χ4n) is 2.52. The monoisotopic (exact) mass is 443 g/mol. The molecule has 0 aliphatic carbocycles. The third-order valence-electron chi connectivity index (χ3n) is 3.89. The van der Waals surface area contributed by atoms with E-state index in [0.717, 1.165) is 41.6 Å². The molecule has 1 N–H and O–H groups in total. The van der Waals surface area contributed by atoms with E-state index in [0.29, 0.717) is 6.07 Å². The van der Waals surface area contributed by atoms with Crippen molar-refractivity contribution >= 4 is 21.4 Å². The number of benzene rings is 2. The highest BCUT2D eigenvalue weighted by Crippen LogP contribution is 2.35. The third-order valence-corrected chi connectivity index (χ3v) is 5.30. The van der Waals surface area contributed by atoms with E-state index in [-0.39, 0.29) is 11.4 Å². The maximum Gasteiger partial charge on any atom is 0.416 e. The summed E-state index contributed by atoms with van der Waals surface area (Å²) in [6, 6.07) is 5.28. The third kappa shape index (κ3) is 4.17. The van der Waals surface area contributed by atoms with Crippen molar-refractivity contribution in [3.05, 3.63) is 64.7 Å². The number of sulfonamides is 1. The first-order chi connectivity index (χ1) is 14.0. The Hall–Kier alpha value is -3.68. The number of alkyl halides is 3. The largest absolute Gasteiger partial charge is 0.497 e. The minimum absolute atomic E-state index is 0.0306. The van der Waals surface area contributed by atoms with Gasteiger partial charge in [-0.15, -0.1) is 0 Å². The van der Waals surface area contributed by atoms with E-state index in [1.54, 1.807) is 0 Å². The maximum atomic E-state index is 13.1. The van der Waals surface area contributed by atoms with Crippen LogP contribution >= 0.6 is 0 Å². The predicted octanol–water partition coefficient (Wildman–Crippen LogP) is 3.00. The number of methoxy groups -OCH3 is 1. The standard InChI is InChI=1S/C16H12F3N5O5S/c1-29-11-3-5-15(14(7-11)24(25)26)30(27,28)22-12-6-10(16(17,18)19)2-4-13(12)23-9-20-8-21-23/h2-9,22H,1H3. The van der Waals surface area contributed by atoms with Crippen LogP contribution in [0.4, 0.5) is 24.5 Å². The Labute approximate surface area is 167 Å². The normalized spacial score (nSPS) is 11.9. The lowest BCUT2D eigenvalue weighted by Gasteiger charge is -2.15. The molecule has 0 amide bonds. The minimum atomic E-state index is -4.76. The van der Waals surface area contributed by atoms with Gasteiger partial charge >= 0.3 is 6.18 Å². The van der Waals surface area contributed by atoms with Crippen LogP contribution in [-0.4, -0.2) is 35.2 Å². The maximum absolute atomic E-state index is 13.1.